The highest BCUT2D eigenvalue weighted by Crippen LogP contribution is 2.02. The molecule has 0 bridgehead atoms. The minimum atomic E-state index is -0.152. The first kappa shape index (κ1) is 14.4. The zero-order valence-corrected chi connectivity index (χ0v) is 10.1. The van der Waals surface area contributed by atoms with E-state index in [0.29, 0.717) is 19.8 Å². The van der Waals surface area contributed by atoms with Crippen LogP contribution in [0.4, 0.5) is 0 Å². The molecule has 4 heteroatoms. The number of hydrogen-bond donors (Lipinski definition) is 0. The molecule has 0 radical (unpaired) electrons. The summed E-state index contributed by atoms with van der Waals surface area (Å²) in [6.45, 7) is 7.01. The van der Waals surface area contributed by atoms with Crippen LogP contribution in [0.2, 0.25) is 0 Å². The van der Waals surface area contributed by atoms with Crippen molar-refractivity contribution < 1.29 is 19.0 Å². The molecule has 0 amide bonds. The molecule has 0 N–H and O–H groups in total. The Morgan fingerprint density at radius 2 is 1.93 bits per heavy atom. The van der Waals surface area contributed by atoms with Crippen LogP contribution in [0.5, 0.6) is 0 Å². The maximum absolute atomic E-state index is 11.2. The van der Waals surface area contributed by atoms with Crippen molar-refractivity contribution in [1.82, 2.24) is 0 Å². The Morgan fingerprint density at radius 1 is 1.27 bits per heavy atom. The van der Waals surface area contributed by atoms with Crippen LogP contribution in [0, 0.1) is 5.92 Å². The van der Waals surface area contributed by atoms with Crippen LogP contribution in [-0.4, -0.2) is 39.0 Å². The Bertz CT molecular complexity index is 170. The average molecular weight is 218 g/mol. The van der Waals surface area contributed by atoms with Gasteiger partial charge in [0.25, 0.3) is 0 Å². The van der Waals surface area contributed by atoms with E-state index >= 15 is 0 Å². The minimum Gasteiger partial charge on any atom is -0.463 e. The lowest BCUT2D eigenvalue weighted by Crippen LogP contribution is -2.19. The van der Waals surface area contributed by atoms with Crippen molar-refractivity contribution in [3.05, 3.63) is 0 Å². The van der Waals surface area contributed by atoms with Gasteiger partial charge in [-0.25, -0.2) is 0 Å². The van der Waals surface area contributed by atoms with Gasteiger partial charge in [0.05, 0.1) is 25.2 Å². The van der Waals surface area contributed by atoms with Gasteiger partial charge in [-0.1, -0.05) is 13.8 Å². The predicted molar refractivity (Wildman–Crippen MR) is 57.7 cm³/mol. The molecule has 0 aliphatic heterocycles. The lowest BCUT2D eigenvalue weighted by molar-refractivity contribution is -0.149. The quantitative estimate of drug-likeness (QED) is 0.459. The molecular weight excluding hydrogens is 196 g/mol. The third-order valence-electron chi connectivity index (χ3n) is 2.24. The fourth-order valence-electron chi connectivity index (χ4n) is 0.827. The smallest absolute Gasteiger partial charge is 0.308 e. The molecule has 0 saturated heterocycles. The molecule has 0 aliphatic rings. The van der Waals surface area contributed by atoms with Gasteiger partial charge in [-0.2, -0.15) is 0 Å². The number of carbonyl (C=O) groups excluding carboxylic acids is 1. The molecule has 0 heterocycles. The highest BCUT2D eigenvalue weighted by atomic mass is 16.6. The summed E-state index contributed by atoms with van der Waals surface area (Å²) in [5, 5.41) is 0. The molecule has 0 aromatic rings. The second kappa shape index (κ2) is 8.68. The van der Waals surface area contributed by atoms with Gasteiger partial charge in [-0.05, 0) is 13.3 Å². The Hall–Kier alpha value is -0.610. The zero-order valence-electron chi connectivity index (χ0n) is 10.1. The largest absolute Gasteiger partial charge is 0.463 e. The van der Waals surface area contributed by atoms with Crippen molar-refractivity contribution in [1.29, 1.82) is 0 Å². The van der Waals surface area contributed by atoms with Crippen molar-refractivity contribution in [3.8, 4) is 0 Å². The van der Waals surface area contributed by atoms with E-state index in [9.17, 15) is 4.79 Å². The second-order valence-corrected chi connectivity index (χ2v) is 3.60. The van der Waals surface area contributed by atoms with E-state index in [2.05, 4.69) is 0 Å². The fraction of sp³-hybridized carbons (Fsp3) is 0.909. The molecule has 0 aliphatic carbocycles. The molecule has 90 valence electrons. The fourth-order valence-corrected chi connectivity index (χ4v) is 0.827. The van der Waals surface area contributed by atoms with E-state index in [1.807, 2.05) is 20.8 Å². The third kappa shape index (κ3) is 7.33. The van der Waals surface area contributed by atoms with Gasteiger partial charge in [0.1, 0.15) is 6.61 Å². The SMILES string of the molecule is CCC(C)C(=O)OCCOCC(C)OC. The average Bonchev–Trinajstić information content (AvgIpc) is 2.26. The summed E-state index contributed by atoms with van der Waals surface area (Å²) in [5.74, 6) is -0.177. The predicted octanol–water partition coefficient (Wildman–Crippen LogP) is 1.63. The minimum absolute atomic E-state index is 0.0251. The highest BCUT2D eigenvalue weighted by molar-refractivity contribution is 5.71. The summed E-state index contributed by atoms with van der Waals surface area (Å²) >= 11 is 0. The number of hydrogen-bond acceptors (Lipinski definition) is 4. The molecule has 0 rings (SSSR count). The summed E-state index contributed by atoms with van der Waals surface area (Å²) in [6, 6.07) is 0. The van der Waals surface area contributed by atoms with Gasteiger partial charge < -0.3 is 14.2 Å². The number of carbonyl (C=O) groups is 1. The van der Waals surface area contributed by atoms with Crippen molar-refractivity contribution in [3.63, 3.8) is 0 Å². The van der Waals surface area contributed by atoms with Crippen LogP contribution < -0.4 is 0 Å². The number of ether oxygens (including phenoxy) is 3. The van der Waals surface area contributed by atoms with Gasteiger partial charge >= 0.3 is 5.97 Å². The van der Waals surface area contributed by atoms with Gasteiger partial charge in [0, 0.05) is 7.11 Å². The third-order valence-corrected chi connectivity index (χ3v) is 2.24. The molecule has 15 heavy (non-hydrogen) atoms. The molecule has 0 aromatic carbocycles. The molecule has 0 aromatic heterocycles. The van der Waals surface area contributed by atoms with Crippen LogP contribution >= 0.6 is 0 Å². The summed E-state index contributed by atoms with van der Waals surface area (Å²) in [4.78, 5) is 11.2. The summed E-state index contributed by atoms with van der Waals surface area (Å²) in [6.07, 6.45) is 0.885. The Morgan fingerprint density at radius 3 is 2.47 bits per heavy atom. The van der Waals surface area contributed by atoms with E-state index in [1.165, 1.54) is 0 Å². The lowest BCUT2D eigenvalue weighted by atomic mass is 10.1. The second-order valence-electron chi connectivity index (χ2n) is 3.60. The topological polar surface area (TPSA) is 44.8 Å². The zero-order chi connectivity index (χ0) is 11.7. The van der Waals surface area contributed by atoms with Crippen LogP contribution in [0.25, 0.3) is 0 Å². The van der Waals surface area contributed by atoms with Crippen LogP contribution in [0.1, 0.15) is 27.2 Å². The summed E-state index contributed by atoms with van der Waals surface area (Å²) in [7, 11) is 1.64. The van der Waals surface area contributed by atoms with Crippen molar-refractivity contribution in [2.45, 2.75) is 33.3 Å². The monoisotopic (exact) mass is 218 g/mol. The van der Waals surface area contributed by atoms with E-state index in [0.717, 1.165) is 6.42 Å². The standard InChI is InChI=1S/C11H22O4/c1-5-9(2)11(12)15-7-6-14-8-10(3)13-4/h9-10H,5-8H2,1-4H3. The van der Waals surface area contributed by atoms with Gasteiger partial charge in [-0.3, -0.25) is 4.79 Å². The van der Waals surface area contributed by atoms with E-state index in [-0.39, 0.29) is 18.0 Å². The van der Waals surface area contributed by atoms with Gasteiger partial charge in [0.2, 0.25) is 0 Å². The molecule has 0 fully saturated rings. The Labute approximate surface area is 91.9 Å². The van der Waals surface area contributed by atoms with Crippen LogP contribution in [0.3, 0.4) is 0 Å². The number of rotatable bonds is 8. The molecule has 2 atom stereocenters. The molecule has 0 spiro atoms. The highest BCUT2D eigenvalue weighted by Gasteiger charge is 2.11. The van der Waals surface area contributed by atoms with Gasteiger partial charge in [0.15, 0.2) is 0 Å². The van der Waals surface area contributed by atoms with Crippen LogP contribution in [-0.2, 0) is 19.0 Å². The normalized spacial score (nSPS) is 14.7. The molecule has 2 unspecified atom stereocenters. The summed E-state index contributed by atoms with van der Waals surface area (Å²) < 4.78 is 15.3. The van der Waals surface area contributed by atoms with E-state index in [1.54, 1.807) is 7.11 Å². The van der Waals surface area contributed by atoms with Crippen molar-refractivity contribution in [2.75, 3.05) is 26.9 Å². The lowest BCUT2D eigenvalue weighted by Gasteiger charge is -2.11. The number of esters is 1. The Balaban J connectivity index is 3.35. The molecule has 0 saturated carbocycles. The van der Waals surface area contributed by atoms with E-state index in [4.69, 9.17) is 14.2 Å². The number of methoxy groups -OCH3 is 1. The molecule has 4 nitrogen and oxygen atoms in total. The maximum atomic E-state index is 11.2. The van der Waals surface area contributed by atoms with E-state index < -0.39 is 0 Å². The molecular formula is C11H22O4. The van der Waals surface area contributed by atoms with Crippen molar-refractivity contribution >= 4 is 5.97 Å². The Kier molecular flexibility index (Phi) is 8.33. The first-order chi connectivity index (χ1) is 7.11. The maximum Gasteiger partial charge on any atom is 0.308 e. The van der Waals surface area contributed by atoms with Crippen molar-refractivity contribution in [2.24, 2.45) is 5.92 Å². The summed E-state index contributed by atoms with van der Waals surface area (Å²) in [5.41, 5.74) is 0. The first-order valence-electron chi connectivity index (χ1n) is 5.39. The van der Waals surface area contributed by atoms with Gasteiger partial charge in [-0.15, -0.1) is 0 Å². The first-order valence-corrected chi connectivity index (χ1v) is 5.39. The van der Waals surface area contributed by atoms with Crippen LogP contribution in [0.15, 0.2) is 0 Å².